The molecule has 3 heterocycles. The van der Waals surface area contributed by atoms with E-state index in [-0.39, 0.29) is 30.9 Å². The molecule has 204 valence electrons. The zero-order valence-electron chi connectivity index (χ0n) is 21.2. The van der Waals surface area contributed by atoms with Gasteiger partial charge in [-0.1, -0.05) is 36.4 Å². The van der Waals surface area contributed by atoms with E-state index in [1.54, 1.807) is 24.3 Å². The largest absolute Gasteiger partial charge is 0.465 e. The Morgan fingerprint density at radius 3 is 2.52 bits per heavy atom. The first-order chi connectivity index (χ1) is 19.3. The van der Waals surface area contributed by atoms with E-state index in [1.807, 2.05) is 30.5 Å². The van der Waals surface area contributed by atoms with Gasteiger partial charge in [0.1, 0.15) is 0 Å². The van der Waals surface area contributed by atoms with Crippen molar-refractivity contribution in [2.75, 3.05) is 29.0 Å². The number of halogens is 1. The number of likely N-dealkylation sites (tertiary alicyclic amines) is 1. The second-order valence-corrected chi connectivity index (χ2v) is 9.77. The summed E-state index contributed by atoms with van der Waals surface area (Å²) in [4.78, 5) is 49.8. The molecule has 1 aliphatic heterocycles. The minimum Gasteiger partial charge on any atom is -0.465 e. The van der Waals surface area contributed by atoms with Crippen molar-refractivity contribution in [3.8, 4) is 11.3 Å². The van der Waals surface area contributed by atoms with E-state index in [9.17, 15) is 19.5 Å². The summed E-state index contributed by atoms with van der Waals surface area (Å²) in [5, 5.41) is 19.7. The van der Waals surface area contributed by atoms with Crippen molar-refractivity contribution in [2.45, 2.75) is 12.5 Å². The fourth-order valence-electron chi connectivity index (χ4n) is 4.70. The second-order valence-electron chi connectivity index (χ2n) is 9.36. The molecule has 0 radical (unpaired) electrons. The number of hydrogen-bond acceptors (Lipinski definition) is 6. The predicted molar refractivity (Wildman–Crippen MR) is 153 cm³/mol. The van der Waals surface area contributed by atoms with Crippen LogP contribution < -0.4 is 16.0 Å². The van der Waals surface area contributed by atoms with Crippen molar-refractivity contribution in [1.29, 1.82) is 0 Å². The van der Waals surface area contributed by atoms with Crippen molar-refractivity contribution in [1.82, 2.24) is 19.9 Å². The average molecular weight is 560 g/mol. The van der Waals surface area contributed by atoms with Gasteiger partial charge in [0.25, 0.3) is 0 Å². The molecule has 0 aliphatic carbocycles. The van der Waals surface area contributed by atoms with Crippen LogP contribution in [-0.4, -0.2) is 62.0 Å². The molecule has 0 saturated carbocycles. The number of H-pyrrole nitrogens is 1. The molecule has 0 spiro atoms. The second kappa shape index (κ2) is 11.5. The molecule has 2 aromatic heterocycles. The van der Waals surface area contributed by atoms with Crippen LogP contribution in [0.2, 0.25) is 5.02 Å². The normalized spacial score (nSPS) is 16.8. The molecule has 40 heavy (non-hydrogen) atoms. The topological polar surface area (TPSA) is 152 Å². The van der Waals surface area contributed by atoms with Gasteiger partial charge in [-0.3, -0.25) is 9.59 Å². The summed E-state index contributed by atoms with van der Waals surface area (Å²) in [7, 11) is 0. The van der Waals surface area contributed by atoms with E-state index >= 15 is 0 Å². The molecule has 3 amide bonds. The number of nitrogens with zero attached hydrogens (tertiary/aromatic N) is 3. The number of hydrogen-bond donors (Lipinski definition) is 5. The summed E-state index contributed by atoms with van der Waals surface area (Å²) in [5.41, 5.74) is 3.36. The first-order valence-electron chi connectivity index (χ1n) is 12.5. The number of aromatic amines is 1. The van der Waals surface area contributed by atoms with E-state index < -0.39 is 18.1 Å². The number of anilines is 3. The Kier molecular flexibility index (Phi) is 7.65. The number of carbonyl (C=O) groups is 3. The van der Waals surface area contributed by atoms with E-state index in [0.717, 1.165) is 22.5 Å². The van der Waals surface area contributed by atoms with Gasteiger partial charge in [0.15, 0.2) is 0 Å². The Labute approximate surface area is 234 Å². The molecule has 2 unspecified atom stereocenters. The van der Waals surface area contributed by atoms with Crippen LogP contribution in [0.5, 0.6) is 0 Å². The Morgan fingerprint density at radius 1 is 1.07 bits per heavy atom. The molecular formula is C28H26ClN7O4. The highest BCUT2D eigenvalue weighted by molar-refractivity contribution is 6.33. The van der Waals surface area contributed by atoms with Crippen LogP contribution in [0.25, 0.3) is 22.2 Å². The van der Waals surface area contributed by atoms with Crippen LogP contribution in [0.4, 0.5) is 22.1 Å². The van der Waals surface area contributed by atoms with E-state index in [0.29, 0.717) is 28.5 Å². The maximum Gasteiger partial charge on any atom is 0.407 e. The molecule has 1 aliphatic rings. The summed E-state index contributed by atoms with van der Waals surface area (Å²) in [6.07, 6.45) is 3.72. The number of amides is 3. The highest BCUT2D eigenvalue weighted by Crippen LogP contribution is 2.32. The smallest absolute Gasteiger partial charge is 0.407 e. The minimum absolute atomic E-state index is 0.0505. The number of aromatic nitrogens is 3. The molecule has 4 aromatic rings. The fourth-order valence-corrected chi connectivity index (χ4v) is 4.89. The third-order valence-corrected chi connectivity index (χ3v) is 6.90. The molecule has 2 atom stereocenters. The highest BCUT2D eigenvalue weighted by Gasteiger charge is 2.34. The number of carbonyl (C=O) groups excluding carboxylic acids is 2. The molecule has 2 aromatic carbocycles. The van der Waals surface area contributed by atoms with Crippen molar-refractivity contribution < 1.29 is 19.5 Å². The lowest BCUT2D eigenvalue weighted by atomic mass is 9.93. The molecule has 1 fully saturated rings. The van der Waals surface area contributed by atoms with Gasteiger partial charge in [-0.25, -0.2) is 14.8 Å². The number of carboxylic acid groups (broad SMARTS) is 1. The molecule has 1 saturated heterocycles. The van der Waals surface area contributed by atoms with Gasteiger partial charge in [0.2, 0.25) is 17.8 Å². The quantitative estimate of drug-likeness (QED) is 0.203. The molecule has 11 nitrogen and oxygen atoms in total. The number of benzene rings is 2. The standard InChI is InChI=1S/C28H26ClN7O4/c1-2-24(37)32-17-7-9-18(10-8-17)33-26(38)16-11-19(15-36(14-16)28(39)40)34-27-31-13-22(29)25(35-27)21-12-30-23-6-4-3-5-20(21)23/h2-10,12-13,16,19,30H,1,11,14-15H2,(H,32,37)(H,33,38)(H,39,40)(H,31,34,35). The van der Waals surface area contributed by atoms with Crippen LogP contribution in [0, 0.1) is 5.92 Å². The number of piperidine rings is 1. The summed E-state index contributed by atoms with van der Waals surface area (Å²) < 4.78 is 0. The third-order valence-electron chi connectivity index (χ3n) is 6.62. The van der Waals surface area contributed by atoms with Crippen LogP contribution in [-0.2, 0) is 9.59 Å². The lowest BCUT2D eigenvalue weighted by Crippen LogP contribution is -2.51. The van der Waals surface area contributed by atoms with Gasteiger partial charge < -0.3 is 30.9 Å². The SMILES string of the molecule is C=CC(=O)Nc1ccc(NC(=O)C2CC(Nc3ncc(Cl)c(-c4c[nH]c5ccccc45)n3)CN(C(=O)O)C2)cc1. The maximum atomic E-state index is 13.1. The molecule has 5 N–H and O–H groups in total. The van der Waals surface area contributed by atoms with Crippen molar-refractivity contribution in [3.05, 3.63) is 78.6 Å². The number of nitrogens with one attached hydrogen (secondary N) is 4. The predicted octanol–water partition coefficient (Wildman–Crippen LogP) is 4.82. The van der Waals surface area contributed by atoms with E-state index in [2.05, 4.69) is 37.5 Å². The zero-order chi connectivity index (χ0) is 28.2. The average Bonchev–Trinajstić information content (AvgIpc) is 3.39. The Morgan fingerprint density at radius 2 is 1.80 bits per heavy atom. The first kappa shape index (κ1) is 26.7. The van der Waals surface area contributed by atoms with Gasteiger partial charge in [-0.15, -0.1) is 0 Å². The van der Waals surface area contributed by atoms with Crippen LogP contribution in [0.15, 0.2) is 73.6 Å². The Hall–Kier alpha value is -4.90. The maximum absolute atomic E-state index is 13.1. The van der Waals surface area contributed by atoms with Crippen molar-refractivity contribution in [3.63, 3.8) is 0 Å². The highest BCUT2D eigenvalue weighted by atomic mass is 35.5. The lowest BCUT2D eigenvalue weighted by Gasteiger charge is -2.35. The van der Waals surface area contributed by atoms with E-state index in [1.165, 1.54) is 11.1 Å². The molecule has 5 rings (SSSR count). The van der Waals surface area contributed by atoms with Crippen molar-refractivity contribution in [2.24, 2.45) is 5.92 Å². The van der Waals surface area contributed by atoms with Crippen molar-refractivity contribution >= 4 is 57.7 Å². The monoisotopic (exact) mass is 559 g/mol. The third kappa shape index (κ3) is 5.89. The minimum atomic E-state index is -1.12. The van der Waals surface area contributed by atoms with Crippen LogP contribution in [0.1, 0.15) is 6.42 Å². The Balaban J connectivity index is 1.31. The summed E-state index contributed by atoms with van der Waals surface area (Å²) in [6, 6.07) is 14.0. The Bertz CT molecular complexity index is 1590. The zero-order valence-corrected chi connectivity index (χ0v) is 22.0. The van der Waals surface area contributed by atoms with Gasteiger partial charge in [0.05, 0.1) is 22.8 Å². The van der Waals surface area contributed by atoms with Gasteiger partial charge in [0, 0.05) is 53.2 Å². The summed E-state index contributed by atoms with van der Waals surface area (Å²) >= 11 is 6.45. The fraction of sp³-hybridized carbons (Fsp3) is 0.179. The lowest BCUT2D eigenvalue weighted by molar-refractivity contribution is -0.121. The molecule has 12 heteroatoms. The molecular weight excluding hydrogens is 534 g/mol. The van der Waals surface area contributed by atoms with Crippen LogP contribution in [0.3, 0.4) is 0 Å². The van der Waals surface area contributed by atoms with Gasteiger partial charge in [-0.2, -0.15) is 0 Å². The van der Waals surface area contributed by atoms with Crippen LogP contribution >= 0.6 is 11.6 Å². The van der Waals surface area contributed by atoms with Gasteiger partial charge in [-0.05, 0) is 42.8 Å². The number of fused-ring (bicyclic) bond motifs is 1. The number of para-hydroxylation sites is 1. The van der Waals surface area contributed by atoms with Gasteiger partial charge >= 0.3 is 6.09 Å². The summed E-state index contributed by atoms with van der Waals surface area (Å²) in [5.74, 6) is -1.01. The number of rotatable bonds is 7. The van der Waals surface area contributed by atoms with E-state index in [4.69, 9.17) is 11.6 Å². The summed E-state index contributed by atoms with van der Waals surface area (Å²) in [6.45, 7) is 3.62. The first-order valence-corrected chi connectivity index (χ1v) is 12.9. The molecule has 0 bridgehead atoms.